The summed E-state index contributed by atoms with van der Waals surface area (Å²) in [7, 11) is 0. The molecule has 5 heteroatoms. The van der Waals surface area contributed by atoms with Gasteiger partial charge in [0.15, 0.2) is 0 Å². The van der Waals surface area contributed by atoms with Crippen molar-refractivity contribution >= 4 is 22.7 Å². The molecule has 3 nitrogen and oxygen atoms in total. The summed E-state index contributed by atoms with van der Waals surface area (Å²) in [4.78, 5) is 8.56. The fourth-order valence-corrected chi connectivity index (χ4v) is 2.48. The summed E-state index contributed by atoms with van der Waals surface area (Å²) in [6.07, 6.45) is 0.772. The molecule has 0 bridgehead atoms. The second-order valence-corrected chi connectivity index (χ2v) is 4.86. The van der Waals surface area contributed by atoms with Gasteiger partial charge in [0.1, 0.15) is 0 Å². The van der Waals surface area contributed by atoms with Crippen molar-refractivity contribution in [3.05, 3.63) is 32.7 Å². The molecule has 14 heavy (non-hydrogen) atoms. The second-order valence-electron chi connectivity index (χ2n) is 3.08. The van der Waals surface area contributed by atoms with E-state index in [9.17, 15) is 0 Å². The fraction of sp³-hybridized carbons (Fsp3) is 0.333. The first-order valence-electron chi connectivity index (χ1n) is 4.30. The van der Waals surface area contributed by atoms with E-state index < -0.39 is 0 Å². The van der Waals surface area contributed by atoms with Crippen molar-refractivity contribution in [1.29, 1.82) is 0 Å². The van der Waals surface area contributed by atoms with Gasteiger partial charge in [-0.05, 0) is 6.92 Å². The number of rotatable bonds is 3. The fourth-order valence-electron chi connectivity index (χ4n) is 1.24. The maximum atomic E-state index is 5.99. The largest absolute Gasteiger partial charge is 0.322 e. The molecule has 2 rings (SSSR count). The van der Waals surface area contributed by atoms with Crippen molar-refractivity contribution in [3.63, 3.8) is 0 Å². The number of aromatic nitrogens is 2. The zero-order chi connectivity index (χ0) is 9.97. The van der Waals surface area contributed by atoms with Gasteiger partial charge < -0.3 is 5.73 Å². The Bertz CT molecular complexity index is 394. The Morgan fingerprint density at radius 1 is 1.50 bits per heavy atom. The summed E-state index contributed by atoms with van der Waals surface area (Å²) < 4.78 is 0. The van der Waals surface area contributed by atoms with Gasteiger partial charge in [-0.2, -0.15) is 0 Å². The molecular weight excluding hydrogens is 214 g/mol. The molecule has 0 aliphatic heterocycles. The van der Waals surface area contributed by atoms with Gasteiger partial charge in [0.25, 0.3) is 0 Å². The van der Waals surface area contributed by atoms with E-state index in [1.165, 1.54) is 0 Å². The minimum Gasteiger partial charge on any atom is -0.322 e. The van der Waals surface area contributed by atoms with E-state index in [-0.39, 0.29) is 6.04 Å². The second kappa shape index (κ2) is 4.16. The van der Waals surface area contributed by atoms with Crippen LogP contribution >= 0.6 is 22.7 Å². The van der Waals surface area contributed by atoms with Crippen molar-refractivity contribution in [1.82, 2.24) is 9.97 Å². The number of nitrogens with zero attached hydrogens (tertiary/aromatic N) is 2. The Balaban J connectivity index is 2.05. The lowest BCUT2D eigenvalue weighted by molar-refractivity contribution is 0.690. The van der Waals surface area contributed by atoms with Crippen LogP contribution in [0.1, 0.15) is 22.4 Å². The van der Waals surface area contributed by atoms with Gasteiger partial charge in [-0.1, -0.05) is 0 Å². The predicted molar refractivity (Wildman–Crippen MR) is 59.6 cm³/mol. The monoisotopic (exact) mass is 225 g/mol. The molecule has 0 aromatic carbocycles. The number of hydrogen-bond donors (Lipinski definition) is 1. The van der Waals surface area contributed by atoms with Crippen molar-refractivity contribution in [2.24, 2.45) is 5.73 Å². The lowest BCUT2D eigenvalue weighted by Crippen LogP contribution is -2.13. The van der Waals surface area contributed by atoms with Crippen LogP contribution in [0.3, 0.4) is 0 Å². The molecule has 0 saturated heterocycles. The lowest BCUT2D eigenvalue weighted by Gasteiger charge is -2.05. The van der Waals surface area contributed by atoms with Gasteiger partial charge in [-0.3, -0.25) is 0 Å². The number of thiazole rings is 2. The molecule has 2 N–H and O–H groups in total. The SMILES string of the molecule is Cc1nc(CC(N)c2cscn2)cs1. The maximum Gasteiger partial charge on any atom is 0.0897 e. The van der Waals surface area contributed by atoms with E-state index in [1.54, 1.807) is 22.7 Å². The molecule has 2 heterocycles. The van der Waals surface area contributed by atoms with Crippen molar-refractivity contribution in [2.45, 2.75) is 19.4 Å². The van der Waals surface area contributed by atoms with Crippen LogP contribution in [0, 0.1) is 6.92 Å². The maximum absolute atomic E-state index is 5.99. The third-order valence-corrected chi connectivity index (χ3v) is 3.35. The van der Waals surface area contributed by atoms with E-state index in [1.807, 2.05) is 17.8 Å². The quantitative estimate of drug-likeness (QED) is 0.870. The first-order valence-corrected chi connectivity index (χ1v) is 6.12. The average molecular weight is 225 g/mol. The minimum absolute atomic E-state index is 0.0252. The van der Waals surface area contributed by atoms with E-state index in [4.69, 9.17) is 5.73 Å². The zero-order valence-electron chi connectivity index (χ0n) is 7.80. The van der Waals surface area contributed by atoms with Gasteiger partial charge in [-0.25, -0.2) is 9.97 Å². The molecule has 74 valence electrons. The number of hydrogen-bond acceptors (Lipinski definition) is 5. The van der Waals surface area contributed by atoms with Crippen LogP contribution in [0.5, 0.6) is 0 Å². The summed E-state index contributed by atoms with van der Waals surface area (Å²) >= 11 is 3.23. The van der Waals surface area contributed by atoms with E-state index in [2.05, 4.69) is 15.3 Å². The molecule has 0 saturated carbocycles. The van der Waals surface area contributed by atoms with Gasteiger partial charge >= 0.3 is 0 Å². The Labute approximate surface area is 90.6 Å². The third-order valence-electron chi connectivity index (χ3n) is 1.93. The highest BCUT2D eigenvalue weighted by atomic mass is 32.1. The first kappa shape index (κ1) is 9.76. The summed E-state index contributed by atoms with van der Waals surface area (Å²) in [5.41, 5.74) is 9.82. The molecule has 1 atom stereocenters. The van der Waals surface area contributed by atoms with E-state index in [0.29, 0.717) is 0 Å². The summed E-state index contributed by atoms with van der Waals surface area (Å²) in [5.74, 6) is 0. The van der Waals surface area contributed by atoms with Crippen LogP contribution in [0.2, 0.25) is 0 Å². The van der Waals surface area contributed by atoms with Gasteiger partial charge in [-0.15, -0.1) is 22.7 Å². The molecule has 1 unspecified atom stereocenters. The Hall–Kier alpha value is -0.780. The highest BCUT2D eigenvalue weighted by Gasteiger charge is 2.10. The molecular formula is C9H11N3S2. The van der Waals surface area contributed by atoms with Crippen molar-refractivity contribution in [2.75, 3.05) is 0 Å². The van der Waals surface area contributed by atoms with Gasteiger partial charge in [0, 0.05) is 17.2 Å². The molecule has 2 aromatic rings. The molecule has 0 spiro atoms. The van der Waals surface area contributed by atoms with Crippen molar-refractivity contribution in [3.8, 4) is 0 Å². The highest BCUT2D eigenvalue weighted by Crippen LogP contribution is 2.17. The smallest absolute Gasteiger partial charge is 0.0897 e. The van der Waals surface area contributed by atoms with E-state index >= 15 is 0 Å². The van der Waals surface area contributed by atoms with Gasteiger partial charge in [0.05, 0.1) is 27.9 Å². The summed E-state index contributed by atoms with van der Waals surface area (Å²) in [5, 5.41) is 5.14. The van der Waals surface area contributed by atoms with Crippen LogP contribution < -0.4 is 5.73 Å². The van der Waals surface area contributed by atoms with Crippen LogP contribution in [-0.2, 0) is 6.42 Å². The molecule has 0 amide bonds. The van der Waals surface area contributed by atoms with Crippen molar-refractivity contribution < 1.29 is 0 Å². The standard InChI is InChI=1S/C9H11N3S2/c1-6-12-7(3-14-6)2-8(10)9-4-13-5-11-9/h3-5,8H,2,10H2,1H3. The molecule has 0 fully saturated rings. The Kier molecular flexibility index (Phi) is 2.90. The molecule has 0 aliphatic rings. The summed E-state index contributed by atoms with van der Waals surface area (Å²) in [6, 6.07) is -0.0252. The lowest BCUT2D eigenvalue weighted by atomic mass is 10.1. The Morgan fingerprint density at radius 3 is 2.93 bits per heavy atom. The van der Waals surface area contributed by atoms with Crippen LogP contribution in [0.15, 0.2) is 16.3 Å². The Morgan fingerprint density at radius 2 is 2.36 bits per heavy atom. The van der Waals surface area contributed by atoms with Crippen LogP contribution in [-0.4, -0.2) is 9.97 Å². The zero-order valence-corrected chi connectivity index (χ0v) is 9.44. The average Bonchev–Trinajstić information content (AvgIpc) is 2.75. The minimum atomic E-state index is -0.0252. The molecule has 0 aliphatic carbocycles. The predicted octanol–water partition coefficient (Wildman–Crippen LogP) is 2.15. The molecule has 0 radical (unpaired) electrons. The van der Waals surface area contributed by atoms with Crippen LogP contribution in [0.4, 0.5) is 0 Å². The first-order chi connectivity index (χ1) is 6.75. The number of nitrogens with two attached hydrogens (primary N) is 1. The topological polar surface area (TPSA) is 51.8 Å². The van der Waals surface area contributed by atoms with Crippen LogP contribution in [0.25, 0.3) is 0 Å². The third kappa shape index (κ3) is 2.17. The summed E-state index contributed by atoms with van der Waals surface area (Å²) in [6.45, 7) is 2.00. The number of aryl methyl sites for hydroxylation is 1. The highest BCUT2D eigenvalue weighted by molar-refractivity contribution is 7.09. The van der Waals surface area contributed by atoms with Gasteiger partial charge in [0.2, 0.25) is 0 Å². The molecule has 2 aromatic heterocycles. The van der Waals surface area contributed by atoms with E-state index in [0.717, 1.165) is 22.8 Å². The normalized spacial score (nSPS) is 13.0.